The summed E-state index contributed by atoms with van der Waals surface area (Å²) >= 11 is 0. The normalized spacial score (nSPS) is 35.2. The average molecular weight is 508 g/mol. The Balaban J connectivity index is 1.35. The molecule has 0 spiro atoms. The molecule has 8 atom stereocenters. The molecule has 4 aliphatic rings. The van der Waals surface area contributed by atoms with Crippen LogP contribution in [0.15, 0.2) is 54.1 Å². The Hall–Kier alpha value is -2.89. The maximum atomic E-state index is 13.8. The second-order valence-electron chi connectivity index (χ2n) is 11.3. The molecule has 0 radical (unpaired) electrons. The number of allylic oxidation sites excluding steroid dienone is 6. The Labute approximate surface area is 219 Å². The van der Waals surface area contributed by atoms with Crippen LogP contribution in [0.25, 0.3) is 5.57 Å². The molecule has 1 aliphatic heterocycles. The van der Waals surface area contributed by atoms with Crippen LogP contribution in [-0.4, -0.2) is 30.8 Å². The van der Waals surface area contributed by atoms with Gasteiger partial charge in [0.25, 0.3) is 0 Å². The Bertz CT molecular complexity index is 1120. The molecular weight excluding hydrogens is 469 g/mol. The van der Waals surface area contributed by atoms with Crippen LogP contribution in [0, 0.1) is 41.3 Å². The summed E-state index contributed by atoms with van der Waals surface area (Å²) in [5.41, 5.74) is 3.35. The van der Waals surface area contributed by atoms with Gasteiger partial charge in [-0.1, -0.05) is 43.4 Å². The highest BCUT2D eigenvalue weighted by molar-refractivity contribution is 5.75. The van der Waals surface area contributed by atoms with Gasteiger partial charge in [-0.05, 0) is 98.5 Å². The minimum atomic E-state index is -0.353. The van der Waals surface area contributed by atoms with Crippen molar-refractivity contribution in [1.29, 1.82) is 0 Å². The SMILES string of the molecule is CCOC(=O)N[C@@H]1CC[C@@H]2[C@H](C1)C[C@H]1C(=O)O[C@H](C)[C@@H]1[C@H]2/C=C/C1=CC=C(c2cccc(F)c2)C(C)C1. The van der Waals surface area contributed by atoms with Crippen molar-refractivity contribution in [2.45, 2.75) is 65.0 Å². The molecule has 0 aromatic heterocycles. The predicted octanol–water partition coefficient (Wildman–Crippen LogP) is 6.46. The standard InChI is InChI=1S/C31H38FNO4/c1-4-36-31(35)33-24-10-13-26-22(16-24)17-28-29(19(3)37-30(28)34)27(26)12-9-20-8-11-25(18(2)14-20)21-6-5-7-23(32)15-21/h5-9,11-12,15,18-19,22,24,26-29H,4,10,13-14,16-17H2,1-3H3,(H,33,35)/b12-9+/t18?,19-,22-,24-,26-,27+,28-,29-/m1/s1. The second kappa shape index (κ2) is 10.8. The van der Waals surface area contributed by atoms with Crippen molar-refractivity contribution < 1.29 is 23.5 Å². The summed E-state index contributed by atoms with van der Waals surface area (Å²) < 4.78 is 24.6. The van der Waals surface area contributed by atoms with Gasteiger partial charge >= 0.3 is 12.1 Å². The molecule has 1 amide bonds. The fourth-order valence-electron chi connectivity index (χ4n) is 7.39. The number of ether oxygens (including phenoxy) is 2. The summed E-state index contributed by atoms with van der Waals surface area (Å²) in [6, 6.07) is 6.89. The molecule has 1 aromatic rings. The Morgan fingerprint density at radius 3 is 2.81 bits per heavy atom. The summed E-state index contributed by atoms with van der Waals surface area (Å²) in [6.45, 7) is 6.39. The van der Waals surface area contributed by atoms with E-state index < -0.39 is 0 Å². The van der Waals surface area contributed by atoms with Crippen molar-refractivity contribution >= 4 is 17.6 Å². The second-order valence-corrected chi connectivity index (χ2v) is 11.3. The van der Waals surface area contributed by atoms with E-state index in [1.54, 1.807) is 12.1 Å². The molecule has 1 N–H and O–H groups in total. The molecule has 2 saturated carbocycles. The van der Waals surface area contributed by atoms with E-state index in [0.717, 1.165) is 43.2 Å². The molecule has 1 heterocycles. The number of hydrogen-bond acceptors (Lipinski definition) is 4. The van der Waals surface area contributed by atoms with Crippen molar-refractivity contribution in [3.63, 3.8) is 0 Å². The molecular formula is C31H38FNO4. The van der Waals surface area contributed by atoms with Crippen LogP contribution in [0.2, 0.25) is 0 Å². The Kier molecular flexibility index (Phi) is 7.55. The summed E-state index contributed by atoms with van der Waals surface area (Å²) in [7, 11) is 0. The largest absolute Gasteiger partial charge is 0.462 e. The number of alkyl carbamates (subject to hydrolysis) is 1. The number of benzene rings is 1. The highest BCUT2D eigenvalue weighted by Gasteiger charge is 2.54. The lowest BCUT2D eigenvalue weighted by Crippen LogP contribution is -2.48. The van der Waals surface area contributed by atoms with Crippen LogP contribution in [0.1, 0.15) is 58.4 Å². The molecule has 6 heteroatoms. The minimum Gasteiger partial charge on any atom is -0.462 e. The number of carbonyl (C=O) groups excluding carboxylic acids is 2. The number of amides is 1. The van der Waals surface area contributed by atoms with Gasteiger partial charge in [0.05, 0.1) is 12.5 Å². The number of nitrogens with one attached hydrogen (secondary N) is 1. The number of hydrogen-bond donors (Lipinski definition) is 1. The van der Waals surface area contributed by atoms with E-state index in [-0.39, 0.29) is 53.7 Å². The molecule has 198 valence electrons. The number of rotatable bonds is 5. The topological polar surface area (TPSA) is 64.6 Å². The van der Waals surface area contributed by atoms with Crippen LogP contribution in [-0.2, 0) is 14.3 Å². The zero-order valence-electron chi connectivity index (χ0n) is 22.0. The molecule has 0 bridgehead atoms. The van der Waals surface area contributed by atoms with Gasteiger partial charge in [-0.25, -0.2) is 9.18 Å². The molecule has 1 unspecified atom stereocenters. The Morgan fingerprint density at radius 1 is 1.22 bits per heavy atom. The monoisotopic (exact) mass is 507 g/mol. The third-order valence-electron chi connectivity index (χ3n) is 8.99. The maximum absolute atomic E-state index is 13.8. The number of carbonyl (C=O) groups is 2. The van der Waals surface area contributed by atoms with E-state index >= 15 is 0 Å². The summed E-state index contributed by atoms with van der Waals surface area (Å²) in [6.07, 6.45) is 13.0. The van der Waals surface area contributed by atoms with E-state index in [9.17, 15) is 14.0 Å². The first kappa shape index (κ1) is 25.7. The van der Waals surface area contributed by atoms with Crippen LogP contribution < -0.4 is 5.32 Å². The van der Waals surface area contributed by atoms with Crippen LogP contribution >= 0.6 is 0 Å². The van der Waals surface area contributed by atoms with Gasteiger partial charge < -0.3 is 14.8 Å². The fourth-order valence-corrected chi connectivity index (χ4v) is 7.39. The predicted molar refractivity (Wildman–Crippen MR) is 141 cm³/mol. The summed E-state index contributed by atoms with van der Waals surface area (Å²) in [4.78, 5) is 24.7. The van der Waals surface area contributed by atoms with Crippen LogP contribution in [0.3, 0.4) is 0 Å². The number of halogens is 1. The third kappa shape index (κ3) is 5.39. The number of esters is 1. The van der Waals surface area contributed by atoms with E-state index in [1.165, 1.54) is 11.6 Å². The highest BCUT2D eigenvalue weighted by atomic mass is 19.1. The summed E-state index contributed by atoms with van der Waals surface area (Å²) in [5.74, 6) is 1.23. The van der Waals surface area contributed by atoms with E-state index in [2.05, 4.69) is 36.5 Å². The van der Waals surface area contributed by atoms with Crippen molar-refractivity contribution in [2.24, 2.45) is 35.5 Å². The molecule has 3 fully saturated rings. The molecule has 37 heavy (non-hydrogen) atoms. The molecule has 1 aromatic carbocycles. The zero-order chi connectivity index (χ0) is 26.1. The first-order chi connectivity index (χ1) is 17.8. The van der Waals surface area contributed by atoms with Gasteiger partial charge in [-0.2, -0.15) is 0 Å². The molecule has 3 aliphatic carbocycles. The average Bonchev–Trinajstić information content (AvgIpc) is 3.14. The molecule has 5 nitrogen and oxygen atoms in total. The first-order valence-corrected chi connectivity index (χ1v) is 13.8. The highest BCUT2D eigenvalue weighted by Crippen LogP contribution is 2.53. The van der Waals surface area contributed by atoms with Crippen LogP contribution in [0.5, 0.6) is 0 Å². The lowest BCUT2D eigenvalue weighted by atomic mass is 9.57. The smallest absolute Gasteiger partial charge is 0.407 e. The summed E-state index contributed by atoms with van der Waals surface area (Å²) in [5, 5.41) is 3.02. The lowest BCUT2D eigenvalue weighted by Gasteiger charge is -2.47. The number of fused-ring (bicyclic) bond motifs is 2. The van der Waals surface area contributed by atoms with Crippen molar-refractivity contribution in [3.8, 4) is 0 Å². The Morgan fingerprint density at radius 2 is 2.05 bits per heavy atom. The zero-order valence-corrected chi connectivity index (χ0v) is 22.0. The van der Waals surface area contributed by atoms with Gasteiger partial charge in [0.15, 0.2) is 0 Å². The van der Waals surface area contributed by atoms with E-state index in [0.29, 0.717) is 18.4 Å². The van der Waals surface area contributed by atoms with Crippen molar-refractivity contribution in [3.05, 3.63) is 65.5 Å². The third-order valence-corrected chi connectivity index (χ3v) is 8.99. The minimum absolute atomic E-state index is 0.0667. The first-order valence-electron chi connectivity index (χ1n) is 13.8. The molecule has 1 saturated heterocycles. The quantitative estimate of drug-likeness (QED) is 0.465. The van der Waals surface area contributed by atoms with Crippen LogP contribution in [0.4, 0.5) is 9.18 Å². The van der Waals surface area contributed by atoms with Crippen molar-refractivity contribution in [2.75, 3.05) is 6.61 Å². The van der Waals surface area contributed by atoms with E-state index in [4.69, 9.17) is 9.47 Å². The molecule has 5 rings (SSSR count). The van der Waals surface area contributed by atoms with Gasteiger partial charge in [0, 0.05) is 12.0 Å². The van der Waals surface area contributed by atoms with Gasteiger partial charge in [-0.3, -0.25) is 4.79 Å². The number of cyclic esters (lactones) is 1. The fraction of sp³-hybridized carbons (Fsp3) is 0.548. The van der Waals surface area contributed by atoms with E-state index in [1.807, 2.05) is 19.9 Å². The van der Waals surface area contributed by atoms with Gasteiger partial charge in [-0.15, -0.1) is 0 Å². The lowest BCUT2D eigenvalue weighted by molar-refractivity contribution is -0.144. The van der Waals surface area contributed by atoms with Crippen molar-refractivity contribution in [1.82, 2.24) is 5.32 Å². The van der Waals surface area contributed by atoms with Gasteiger partial charge in [0.2, 0.25) is 0 Å². The van der Waals surface area contributed by atoms with Gasteiger partial charge in [0.1, 0.15) is 11.9 Å². The maximum Gasteiger partial charge on any atom is 0.407 e.